The summed E-state index contributed by atoms with van der Waals surface area (Å²) in [4.78, 5) is 11.8. The van der Waals surface area contributed by atoms with Crippen molar-refractivity contribution in [2.24, 2.45) is 0 Å². The van der Waals surface area contributed by atoms with Crippen molar-refractivity contribution >= 4 is 11.6 Å². The molecule has 0 fully saturated rings. The first-order chi connectivity index (χ1) is 8.20. The normalized spacial score (nSPS) is 10.0. The fraction of sp³-hybridized carbons (Fsp3) is 0.417. The van der Waals surface area contributed by atoms with Crippen molar-refractivity contribution in [1.82, 2.24) is 5.32 Å². The molecule has 0 aromatic heterocycles. The SMILES string of the molecule is CCOc1c(N)cccc1C(=O)NCCCO. The summed E-state index contributed by atoms with van der Waals surface area (Å²) in [5.41, 5.74) is 6.62. The van der Waals surface area contributed by atoms with Crippen molar-refractivity contribution in [2.45, 2.75) is 13.3 Å². The van der Waals surface area contributed by atoms with Gasteiger partial charge >= 0.3 is 0 Å². The summed E-state index contributed by atoms with van der Waals surface area (Å²) in [7, 11) is 0. The van der Waals surface area contributed by atoms with Crippen LogP contribution in [0, 0.1) is 0 Å². The van der Waals surface area contributed by atoms with Crippen molar-refractivity contribution in [3.8, 4) is 5.75 Å². The first kappa shape index (κ1) is 13.3. The second-order valence-electron chi connectivity index (χ2n) is 3.49. The van der Waals surface area contributed by atoms with Gasteiger partial charge in [0.2, 0.25) is 0 Å². The highest BCUT2D eigenvalue weighted by Gasteiger charge is 2.14. The van der Waals surface area contributed by atoms with Crippen LogP contribution in [0.4, 0.5) is 5.69 Å². The molecule has 0 atom stereocenters. The minimum Gasteiger partial charge on any atom is -0.491 e. The molecule has 0 saturated carbocycles. The van der Waals surface area contributed by atoms with Crippen LogP contribution in [-0.2, 0) is 0 Å². The van der Waals surface area contributed by atoms with Crippen LogP contribution >= 0.6 is 0 Å². The summed E-state index contributed by atoms with van der Waals surface area (Å²) in [5, 5.41) is 11.3. The lowest BCUT2D eigenvalue weighted by Gasteiger charge is -2.12. The second kappa shape index (κ2) is 6.75. The summed E-state index contributed by atoms with van der Waals surface area (Å²) in [6.45, 7) is 2.76. The molecule has 0 radical (unpaired) electrons. The summed E-state index contributed by atoms with van der Waals surface area (Å²) < 4.78 is 5.36. The molecule has 0 aliphatic heterocycles. The molecule has 5 heteroatoms. The van der Waals surface area contributed by atoms with Crippen LogP contribution in [0.2, 0.25) is 0 Å². The number of rotatable bonds is 6. The van der Waals surface area contributed by atoms with Crippen LogP contribution in [0.15, 0.2) is 18.2 Å². The third-order valence-electron chi connectivity index (χ3n) is 2.20. The molecule has 1 aromatic carbocycles. The molecule has 0 heterocycles. The molecule has 0 spiro atoms. The van der Waals surface area contributed by atoms with Gasteiger partial charge in [0.05, 0.1) is 17.9 Å². The standard InChI is InChI=1S/C12H18N2O3/c1-2-17-11-9(5-3-6-10(11)13)12(16)14-7-4-8-15/h3,5-6,15H,2,4,7-8,13H2,1H3,(H,14,16). The van der Waals surface area contributed by atoms with Crippen molar-refractivity contribution in [3.63, 3.8) is 0 Å². The molecule has 17 heavy (non-hydrogen) atoms. The van der Waals surface area contributed by atoms with Gasteiger partial charge in [0, 0.05) is 13.2 Å². The molecule has 0 aliphatic rings. The van der Waals surface area contributed by atoms with Gasteiger partial charge in [-0.25, -0.2) is 0 Å². The van der Waals surface area contributed by atoms with Crippen LogP contribution < -0.4 is 15.8 Å². The van der Waals surface area contributed by atoms with Crippen molar-refractivity contribution in [2.75, 3.05) is 25.5 Å². The molecule has 94 valence electrons. The number of aliphatic hydroxyl groups excluding tert-OH is 1. The van der Waals surface area contributed by atoms with Crippen LogP contribution in [-0.4, -0.2) is 30.8 Å². The maximum atomic E-state index is 11.8. The van der Waals surface area contributed by atoms with Gasteiger partial charge in [0.25, 0.3) is 5.91 Å². The Kier molecular flexibility index (Phi) is 5.29. The van der Waals surface area contributed by atoms with E-state index in [9.17, 15) is 4.79 Å². The van der Waals surface area contributed by atoms with Crippen molar-refractivity contribution < 1.29 is 14.6 Å². The Bertz CT molecular complexity index is 380. The minimum atomic E-state index is -0.241. The molecular weight excluding hydrogens is 220 g/mol. The number of amides is 1. The van der Waals surface area contributed by atoms with E-state index in [2.05, 4.69) is 5.32 Å². The monoisotopic (exact) mass is 238 g/mol. The minimum absolute atomic E-state index is 0.0511. The largest absolute Gasteiger partial charge is 0.491 e. The van der Waals surface area contributed by atoms with Gasteiger partial charge in [-0.3, -0.25) is 4.79 Å². The highest BCUT2D eigenvalue weighted by molar-refractivity contribution is 5.98. The van der Waals surface area contributed by atoms with Crippen molar-refractivity contribution in [3.05, 3.63) is 23.8 Å². The Balaban J connectivity index is 2.81. The Morgan fingerprint density at radius 2 is 2.29 bits per heavy atom. The van der Waals surface area contributed by atoms with Gasteiger partial charge < -0.3 is 20.9 Å². The lowest BCUT2D eigenvalue weighted by Crippen LogP contribution is -2.25. The third-order valence-corrected chi connectivity index (χ3v) is 2.20. The number of aliphatic hydroxyl groups is 1. The third kappa shape index (κ3) is 3.64. The number of para-hydroxylation sites is 1. The zero-order valence-corrected chi connectivity index (χ0v) is 9.90. The molecular formula is C12H18N2O3. The highest BCUT2D eigenvalue weighted by atomic mass is 16.5. The molecule has 4 N–H and O–H groups in total. The molecule has 5 nitrogen and oxygen atoms in total. The number of carbonyl (C=O) groups excluding carboxylic acids is 1. The molecule has 1 rings (SSSR count). The van der Waals surface area contributed by atoms with Crippen LogP contribution in [0.1, 0.15) is 23.7 Å². The van der Waals surface area contributed by atoms with Crippen LogP contribution in [0.3, 0.4) is 0 Å². The maximum absolute atomic E-state index is 11.8. The Labute approximate surface area is 101 Å². The van der Waals surface area contributed by atoms with E-state index in [-0.39, 0.29) is 12.5 Å². The van der Waals surface area contributed by atoms with Gasteiger partial charge in [0.1, 0.15) is 0 Å². The number of nitrogen functional groups attached to an aromatic ring is 1. The molecule has 0 saturated heterocycles. The Hall–Kier alpha value is -1.75. The highest BCUT2D eigenvalue weighted by Crippen LogP contribution is 2.26. The van der Waals surface area contributed by atoms with Crippen LogP contribution in [0.25, 0.3) is 0 Å². The number of ether oxygens (including phenoxy) is 1. The van der Waals surface area contributed by atoms with E-state index in [0.29, 0.717) is 36.6 Å². The number of hydrogen-bond donors (Lipinski definition) is 3. The van der Waals surface area contributed by atoms with Crippen molar-refractivity contribution in [1.29, 1.82) is 0 Å². The number of carbonyl (C=O) groups is 1. The summed E-state index contributed by atoms with van der Waals surface area (Å²) in [6, 6.07) is 5.06. The zero-order valence-electron chi connectivity index (χ0n) is 9.90. The summed E-state index contributed by atoms with van der Waals surface area (Å²) in [5.74, 6) is 0.172. The zero-order chi connectivity index (χ0) is 12.7. The number of benzene rings is 1. The first-order valence-electron chi connectivity index (χ1n) is 5.61. The predicted octanol–water partition coefficient (Wildman–Crippen LogP) is 0.780. The average molecular weight is 238 g/mol. The first-order valence-corrected chi connectivity index (χ1v) is 5.61. The van der Waals surface area contributed by atoms with E-state index in [4.69, 9.17) is 15.6 Å². The number of anilines is 1. The van der Waals surface area contributed by atoms with Gasteiger partial charge in [-0.1, -0.05) is 6.07 Å². The predicted molar refractivity (Wildman–Crippen MR) is 66.1 cm³/mol. The Morgan fingerprint density at radius 3 is 2.94 bits per heavy atom. The van der Waals surface area contributed by atoms with Crippen LogP contribution in [0.5, 0.6) is 5.75 Å². The van der Waals surface area contributed by atoms with E-state index in [1.807, 2.05) is 6.92 Å². The molecule has 0 aliphatic carbocycles. The maximum Gasteiger partial charge on any atom is 0.255 e. The van der Waals surface area contributed by atoms with E-state index in [0.717, 1.165) is 0 Å². The van der Waals surface area contributed by atoms with Gasteiger partial charge in [-0.2, -0.15) is 0 Å². The van der Waals surface area contributed by atoms with E-state index >= 15 is 0 Å². The van der Waals surface area contributed by atoms with E-state index in [1.165, 1.54) is 0 Å². The van der Waals surface area contributed by atoms with Gasteiger partial charge in [-0.05, 0) is 25.5 Å². The topological polar surface area (TPSA) is 84.6 Å². The number of nitrogens with one attached hydrogen (secondary N) is 1. The van der Waals surface area contributed by atoms with E-state index < -0.39 is 0 Å². The average Bonchev–Trinajstić information content (AvgIpc) is 2.32. The second-order valence-corrected chi connectivity index (χ2v) is 3.49. The fourth-order valence-corrected chi connectivity index (χ4v) is 1.42. The lowest BCUT2D eigenvalue weighted by molar-refractivity contribution is 0.0947. The van der Waals surface area contributed by atoms with Gasteiger partial charge in [-0.15, -0.1) is 0 Å². The quantitative estimate of drug-likeness (QED) is 0.505. The molecule has 1 aromatic rings. The Morgan fingerprint density at radius 1 is 1.53 bits per heavy atom. The molecule has 0 bridgehead atoms. The molecule has 0 unspecified atom stereocenters. The molecule has 1 amide bonds. The number of hydrogen-bond acceptors (Lipinski definition) is 4. The fourth-order valence-electron chi connectivity index (χ4n) is 1.42. The summed E-state index contributed by atoms with van der Waals surface area (Å²) >= 11 is 0. The van der Waals surface area contributed by atoms with Gasteiger partial charge in [0.15, 0.2) is 5.75 Å². The lowest BCUT2D eigenvalue weighted by atomic mass is 10.1. The smallest absolute Gasteiger partial charge is 0.255 e. The summed E-state index contributed by atoms with van der Waals surface area (Å²) in [6.07, 6.45) is 0.526. The van der Waals surface area contributed by atoms with E-state index in [1.54, 1.807) is 18.2 Å². The number of nitrogens with two attached hydrogens (primary N) is 1.